The molecule has 0 saturated carbocycles. The number of carbonyl (C=O) groups excluding carboxylic acids is 1. The SMILES string of the molecule is COC[C@H](C)C1CCN(C(=O)c2ccc(-c3ccc(F)cc3)cc2)CC1. The second-order valence-electron chi connectivity index (χ2n) is 7.15. The van der Waals surface area contributed by atoms with E-state index in [0.29, 0.717) is 17.4 Å². The molecule has 26 heavy (non-hydrogen) atoms. The third-order valence-corrected chi connectivity index (χ3v) is 5.37. The molecule has 0 aromatic heterocycles. The van der Waals surface area contributed by atoms with E-state index in [2.05, 4.69) is 6.92 Å². The fourth-order valence-corrected chi connectivity index (χ4v) is 3.70. The van der Waals surface area contributed by atoms with E-state index >= 15 is 0 Å². The van der Waals surface area contributed by atoms with Gasteiger partial charge in [0.25, 0.3) is 5.91 Å². The molecule has 3 rings (SSSR count). The molecular weight excluding hydrogens is 329 g/mol. The Kier molecular flexibility index (Phi) is 6.04. The molecule has 0 radical (unpaired) electrons. The standard InChI is InChI=1S/C22H26FNO2/c1-16(15-26-2)17-11-13-24(14-12-17)22(25)20-5-3-18(4-6-20)19-7-9-21(23)10-8-19/h3-10,16-17H,11-15H2,1-2H3/t16-/m0/s1. The number of piperidine rings is 1. The molecule has 3 nitrogen and oxygen atoms in total. The molecule has 2 aromatic rings. The topological polar surface area (TPSA) is 29.5 Å². The fraction of sp³-hybridized carbons (Fsp3) is 0.409. The van der Waals surface area contributed by atoms with Crippen molar-refractivity contribution in [1.29, 1.82) is 0 Å². The summed E-state index contributed by atoms with van der Waals surface area (Å²) in [5.74, 6) is 1.00. The lowest BCUT2D eigenvalue weighted by Gasteiger charge is -2.34. The monoisotopic (exact) mass is 355 g/mol. The summed E-state index contributed by atoms with van der Waals surface area (Å²) in [6, 6.07) is 14.0. The van der Waals surface area contributed by atoms with Crippen molar-refractivity contribution in [3.8, 4) is 11.1 Å². The molecular formula is C22H26FNO2. The molecule has 1 aliphatic rings. The highest BCUT2D eigenvalue weighted by Crippen LogP contribution is 2.26. The van der Waals surface area contributed by atoms with Gasteiger partial charge < -0.3 is 9.64 Å². The lowest BCUT2D eigenvalue weighted by Crippen LogP contribution is -2.40. The predicted octanol–water partition coefficient (Wildman–Crippen LogP) is 4.63. The average molecular weight is 355 g/mol. The average Bonchev–Trinajstić information content (AvgIpc) is 2.68. The lowest BCUT2D eigenvalue weighted by atomic mass is 9.86. The van der Waals surface area contributed by atoms with Gasteiger partial charge in [-0.1, -0.05) is 31.2 Å². The first kappa shape index (κ1) is 18.6. The second kappa shape index (κ2) is 8.45. The number of methoxy groups -OCH3 is 1. The molecule has 1 heterocycles. The van der Waals surface area contributed by atoms with Crippen LogP contribution in [0.15, 0.2) is 48.5 Å². The molecule has 1 atom stereocenters. The predicted molar refractivity (Wildman–Crippen MR) is 102 cm³/mol. The van der Waals surface area contributed by atoms with Crippen molar-refractivity contribution in [2.24, 2.45) is 11.8 Å². The molecule has 2 aromatic carbocycles. The van der Waals surface area contributed by atoms with Crippen LogP contribution >= 0.6 is 0 Å². The number of hydrogen-bond acceptors (Lipinski definition) is 2. The Morgan fingerprint density at radius 3 is 2.15 bits per heavy atom. The van der Waals surface area contributed by atoms with Crippen molar-refractivity contribution < 1.29 is 13.9 Å². The summed E-state index contributed by atoms with van der Waals surface area (Å²) in [5, 5.41) is 0. The molecule has 1 amide bonds. The zero-order valence-corrected chi connectivity index (χ0v) is 15.5. The van der Waals surface area contributed by atoms with Gasteiger partial charge in [0.05, 0.1) is 0 Å². The van der Waals surface area contributed by atoms with Gasteiger partial charge >= 0.3 is 0 Å². The van der Waals surface area contributed by atoms with Gasteiger partial charge in [-0.15, -0.1) is 0 Å². The number of nitrogens with zero attached hydrogens (tertiary/aromatic N) is 1. The third-order valence-electron chi connectivity index (χ3n) is 5.37. The number of hydrogen-bond donors (Lipinski definition) is 0. The van der Waals surface area contributed by atoms with Gasteiger partial charge in [0.15, 0.2) is 0 Å². The summed E-state index contributed by atoms with van der Waals surface area (Å²) in [6.45, 7) is 4.61. The molecule has 0 bridgehead atoms. The number of carbonyl (C=O) groups is 1. The van der Waals surface area contributed by atoms with Crippen LogP contribution in [0.25, 0.3) is 11.1 Å². The minimum absolute atomic E-state index is 0.0912. The van der Waals surface area contributed by atoms with Crippen molar-refractivity contribution in [3.05, 3.63) is 59.9 Å². The lowest BCUT2D eigenvalue weighted by molar-refractivity contribution is 0.0598. The summed E-state index contributed by atoms with van der Waals surface area (Å²) in [6.07, 6.45) is 2.06. The summed E-state index contributed by atoms with van der Waals surface area (Å²) in [4.78, 5) is 14.7. The third kappa shape index (κ3) is 4.31. The molecule has 1 fully saturated rings. The largest absolute Gasteiger partial charge is 0.384 e. The highest BCUT2D eigenvalue weighted by molar-refractivity contribution is 5.94. The highest BCUT2D eigenvalue weighted by Gasteiger charge is 2.26. The van der Waals surface area contributed by atoms with E-state index in [9.17, 15) is 9.18 Å². The van der Waals surface area contributed by atoms with Crippen LogP contribution in [0, 0.1) is 17.7 Å². The zero-order chi connectivity index (χ0) is 18.5. The van der Waals surface area contributed by atoms with Gasteiger partial charge in [-0.25, -0.2) is 4.39 Å². The Morgan fingerprint density at radius 1 is 1.08 bits per heavy atom. The van der Waals surface area contributed by atoms with Crippen LogP contribution < -0.4 is 0 Å². The first-order valence-corrected chi connectivity index (χ1v) is 9.22. The van der Waals surface area contributed by atoms with Crippen LogP contribution in [-0.2, 0) is 4.74 Å². The number of amides is 1. The van der Waals surface area contributed by atoms with Crippen molar-refractivity contribution in [3.63, 3.8) is 0 Å². The molecule has 0 spiro atoms. The molecule has 0 unspecified atom stereocenters. The van der Waals surface area contributed by atoms with E-state index in [1.165, 1.54) is 12.1 Å². The van der Waals surface area contributed by atoms with Crippen LogP contribution in [0.3, 0.4) is 0 Å². The normalized spacial score (nSPS) is 16.5. The maximum atomic E-state index is 13.0. The number of benzene rings is 2. The second-order valence-corrected chi connectivity index (χ2v) is 7.15. The van der Waals surface area contributed by atoms with Gasteiger partial charge in [-0.3, -0.25) is 4.79 Å². The van der Waals surface area contributed by atoms with E-state index in [-0.39, 0.29) is 11.7 Å². The smallest absolute Gasteiger partial charge is 0.253 e. The van der Waals surface area contributed by atoms with Crippen molar-refractivity contribution in [2.45, 2.75) is 19.8 Å². The maximum absolute atomic E-state index is 13.0. The Labute approximate surface area is 154 Å². The van der Waals surface area contributed by atoms with Gasteiger partial charge in [0.2, 0.25) is 0 Å². The molecule has 0 N–H and O–H groups in total. The quantitative estimate of drug-likeness (QED) is 0.783. The van der Waals surface area contributed by atoms with E-state index in [4.69, 9.17) is 4.74 Å². The van der Waals surface area contributed by atoms with Crippen LogP contribution in [0.2, 0.25) is 0 Å². The van der Waals surface area contributed by atoms with E-state index in [1.807, 2.05) is 29.2 Å². The minimum Gasteiger partial charge on any atom is -0.384 e. The molecule has 1 aliphatic heterocycles. The summed E-state index contributed by atoms with van der Waals surface area (Å²) < 4.78 is 18.3. The summed E-state index contributed by atoms with van der Waals surface area (Å²) >= 11 is 0. The van der Waals surface area contributed by atoms with E-state index in [1.54, 1.807) is 19.2 Å². The molecule has 1 saturated heterocycles. The van der Waals surface area contributed by atoms with Gasteiger partial charge in [0, 0.05) is 32.4 Å². The van der Waals surface area contributed by atoms with Crippen LogP contribution in [0.4, 0.5) is 4.39 Å². The Morgan fingerprint density at radius 2 is 1.62 bits per heavy atom. The Balaban J connectivity index is 1.61. The zero-order valence-electron chi connectivity index (χ0n) is 15.5. The first-order valence-electron chi connectivity index (χ1n) is 9.22. The minimum atomic E-state index is -0.247. The summed E-state index contributed by atoms with van der Waals surface area (Å²) in [5.41, 5.74) is 2.63. The van der Waals surface area contributed by atoms with Crippen molar-refractivity contribution in [2.75, 3.05) is 26.8 Å². The number of halogens is 1. The fourth-order valence-electron chi connectivity index (χ4n) is 3.70. The van der Waals surface area contributed by atoms with Gasteiger partial charge in [-0.05, 0) is 60.1 Å². The Bertz CT molecular complexity index is 719. The molecule has 138 valence electrons. The van der Waals surface area contributed by atoms with Gasteiger partial charge in [-0.2, -0.15) is 0 Å². The summed E-state index contributed by atoms with van der Waals surface area (Å²) in [7, 11) is 1.74. The van der Waals surface area contributed by atoms with E-state index < -0.39 is 0 Å². The first-order chi connectivity index (χ1) is 12.6. The molecule has 0 aliphatic carbocycles. The number of rotatable bonds is 5. The number of likely N-dealkylation sites (tertiary alicyclic amines) is 1. The van der Waals surface area contributed by atoms with Gasteiger partial charge in [0.1, 0.15) is 5.82 Å². The van der Waals surface area contributed by atoms with Crippen LogP contribution in [0.1, 0.15) is 30.1 Å². The molecule has 4 heteroatoms. The van der Waals surface area contributed by atoms with E-state index in [0.717, 1.165) is 43.7 Å². The van der Waals surface area contributed by atoms with Crippen molar-refractivity contribution >= 4 is 5.91 Å². The van der Waals surface area contributed by atoms with Crippen LogP contribution in [-0.4, -0.2) is 37.6 Å². The van der Waals surface area contributed by atoms with Crippen LogP contribution in [0.5, 0.6) is 0 Å². The maximum Gasteiger partial charge on any atom is 0.253 e. The number of ether oxygens (including phenoxy) is 1. The Hall–Kier alpha value is -2.20. The van der Waals surface area contributed by atoms with Crippen molar-refractivity contribution in [1.82, 2.24) is 4.90 Å². The highest BCUT2D eigenvalue weighted by atomic mass is 19.1.